The molecular formula is C38H46N4O4. The van der Waals surface area contributed by atoms with Gasteiger partial charge in [-0.2, -0.15) is 0 Å². The fourth-order valence-electron chi connectivity index (χ4n) is 7.32. The van der Waals surface area contributed by atoms with Crippen LogP contribution in [0.4, 0.5) is 0 Å². The Bertz CT molecular complexity index is 1530. The second-order valence-corrected chi connectivity index (χ2v) is 12.4. The third kappa shape index (κ3) is 5.64. The highest BCUT2D eigenvalue weighted by Gasteiger charge is 2.63. The lowest BCUT2D eigenvalue weighted by Crippen LogP contribution is -2.42. The van der Waals surface area contributed by atoms with Gasteiger partial charge in [0.25, 0.3) is 11.8 Å². The standard InChI is InChI=1S/C23H24N2O3.C15H22N2O/c1-3-24(4-2)22(28)23(16-10-6-5-7-11-16)14-17(23)15-25-20(26)18-12-8-9-13-19(18)21(25)27;1-3-17(4-2)14(18)15(10-13(15)11-16)12-8-6-5-7-9-12/h5-13,17H,3-4,14-15H2,1-2H3;5-9,13H,3-4,10-11,16H2,1-2H3/t17-,23+;13-,15+/m00/s1. The molecule has 46 heavy (non-hydrogen) atoms. The summed E-state index contributed by atoms with van der Waals surface area (Å²) in [6.07, 6.45) is 1.54. The van der Waals surface area contributed by atoms with E-state index in [1.807, 2.05) is 86.0 Å². The minimum atomic E-state index is -0.650. The fourth-order valence-corrected chi connectivity index (χ4v) is 7.32. The molecule has 0 spiro atoms. The van der Waals surface area contributed by atoms with E-state index >= 15 is 0 Å². The van der Waals surface area contributed by atoms with Gasteiger partial charge in [-0.3, -0.25) is 24.1 Å². The minimum Gasteiger partial charge on any atom is -0.342 e. The summed E-state index contributed by atoms with van der Waals surface area (Å²) in [4.78, 5) is 56.7. The molecule has 242 valence electrons. The van der Waals surface area contributed by atoms with E-state index in [1.165, 1.54) is 4.90 Å². The molecule has 8 nitrogen and oxygen atoms in total. The molecule has 3 aromatic rings. The lowest BCUT2D eigenvalue weighted by Gasteiger charge is -2.27. The number of hydrogen-bond acceptors (Lipinski definition) is 5. The molecule has 2 fully saturated rings. The lowest BCUT2D eigenvalue weighted by atomic mass is 9.91. The molecule has 2 aliphatic carbocycles. The topological polar surface area (TPSA) is 104 Å². The van der Waals surface area contributed by atoms with Gasteiger partial charge in [0.2, 0.25) is 11.8 Å². The minimum absolute atomic E-state index is 0.0646. The van der Waals surface area contributed by atoms with Crippen LogP contribution in [-0.2, 0) is 20.4 Å². The summed E-state index contributed by atoms with van der Waals surface area (Å²) in [6, 6.07) is 26.7. The lowest BCUT2D eigenvalue weighted by molar-refractivity contribution is -0.134. The highest BCUT2D eigenvalue weighted by molar-refractivity contribution is 6.21. The second-order valence-electron chi connectivity index (χ2n) is 12.4. The monoisotopic (exact) mass is 622 g/mol. The van der Waals surface area contributed by atoms with E-state index in [-0.39, 0.29) is 41.5 Å². The first-order valence-corrected chi connectivity index (χ1v) is 16.6. The van der Waals surface area contributed by atoms with Crippen LogP contribution in [0.25, 0.3) is 0 Å². The Labute approximate surface area is 272 Å². The van der Waals surface area contributed by atoms with Crippen LogP contribution in [0.5, 0.6) is 0 Å². The SMILES string of the molecule is CCN(CC)C(=O)[C@@]1(c2ccccc2)C[C@H]1CN.CCN(CC)C(=O)[C@@]1(c2ccccc2)C[C@H]1CN1C(=O)c2ccccc2C1=O. The number of hydrogen-bond donors (Lipinski definition) is 1. The van der Waals surface area contributed by atoms with E-state index in [1.54, 1.807) is 24.3 Å². The van der Waals surface area contributed by atoms with Crippen molar-refractivity contribution in [3.8, 4) is 0 Å². The second kappa shape index (κ2) is 13.6. The van der Waals surface area contributed by atoms with Gasteiger partial charge in [0.05, 0.1) is 22.0 Å². The number of fused-ring (bicyclic) bond motifs is 1. The summed E-state index contributed by atoms with van der Waals surface area (Å²) < 4.78 is 0. The van der Waals surface area contributed by atoms with E-state index in [0.717, 1.165) is 30.6 Å². The molecule has 3 aromatic carbocycles. The molecule has 3 aliphatic rings. The molecule has 8 heteroatoms. The van der Waals surface area contributed by atoms with Gasteiger partial charge in [0.1, 0.15) is 0 Å². The maximum Gasteiger partial charge on any atom is 0.261 e. The van der Waals surface area contributed by atoms with Crippen LogP contribution in [0.2, 0.25) is 0 Å². The third-order valence-corrected chi connectivity index (χ3v) is 10.2. The molecule has 4 amide bonds. The highest BCUT2D eigenvalue weighted by atomic mass is 16.2. The van der Waals surface area contributed by atoms with E-state index in [0.29, 0.717) is 43.1 Å². The van der Waals surface area contributed by atoms with Gasteiger partial charge in [-0.05, 0) is 82.2 Å². The highest BCUT2D eigenvalue weighted by Crippen LogP contribution is 2.56. The van der Waals surface area contributed by atoms with Crippen LogP contribution >= 0.6 is 0 Å². The number of benzene rings is 3. The number of amides is 4. The van der Waals surface area contributed by atoms with Crippen molar-refractivity contribution < 1.29 is 19.2 Å². The van der Waals surface area contributed by atoms with Crippen LogP contribution in [0, 0.1) is 11.8 Å². The molecule has 0 bridgehead atoms. The first-order chi connectivity index (χ1) is 22.2. The average Bonchev–Trinajstić information content (AvgIpc) is 4.01. The number of carbonyl (C=O) groups is 4. The predicted molar refractivity (Wildman–Crippen MR) is 179 cm³/mol. The Morgan fingerprint density at radius 3 is 1.39 bits per heavy atom. The molecule has 0 radical (unpaired) electrons. The van der Waals surface area contributed by atoms with Crippen molar-refractivity contribution in [3.63, 3.8) is 0 Å². The number of rotatable bonds is 11. The Kier molecular flexibility index (Phi) is 9.77. The third-order valence-electron chi connectivity index (χ3n) is 10.2. The molecular weight excluding hydrogens is 576 g/mol. The quantitative estimate of drug-likeness (QED) is 0.307. The van der Waals surface area contributed by atoms with Gasteiger partial charge in [-0.15, -0.1) is 0 Å². The largest absolute Gasteiger partial charge is 0.342 e. The normalized spacial score (nSPS) is 24.1. The van der Waals surface area contributed by atoms with E-state index in [9.17, 15) is 19.2 Å². The van der Waals surface area contributed by atoms with Gasteiger partial charge >= 0.3 is 0 Å². The van der Waals surface area contributed by atoms with Gasteiger partial charge in [-0.1, -0.05) is 72.8 Å². The Morgan fingerprint density at radius 2 is 1.02 bits per heavy atom. The summed E-state index contributed by atoms with van der Waals surface area (Å²) in [5.41, 5.74) is 7.79. The number of likely N-dealkylation sites (N-methyl/N-ethyl adjacent to an activating group) is 2. The summed E-state index contributed by atoms with van der Waals surface area (Å²) in [5, 5.41) is 0. The molecule has 0 saturated heterocycles. The Morgan fingerprint density at radius 1 is 0.652 bits per heavy atom. The van der Waals surface area contributed by atoms with Crippen LogP contribution in [0.3, 0.4) is 0 Å². The molecule has 2 saturated carbocycles. The zero-order valence-electron chi connectivity index (χ0n) is 27.4. The first kappa shape index (κ1) is 33.1. The summed E-state index contributed by atoms with van der Waals surface area (Å²) in [6.45, 7) is 11.7. The molecule has 2 N–H and O–H groups in total. The summed E-state index contributed by atoms with van der Waals surface area (Å²) in [7, 11) is 0. The van der Waals surface area contributed by atoms with Crippen molar-refractivity contribution in [3.05, 3.63) is 107 Å². The summed E-state index contributed by atoms with van der Waals surface area (Å²) >= 11 is 0. The van der Waals surface area contributed by atoms with Gasteiger partial charge < -0.3 is 15.5 Å². The Balaban J connectivity index is 0.000000200. The van der Waals surface area contributed by atoms with Gasteiger partial charge in [-0.25, -0.2) is 0 Å². The Hall–Kier alpha value is -4.30. The maximum absolute atomic E-state index is 13.4. The molecule has 6 rings (SSSR count). The summed E-state index contributed by atoms with van der Waals surface area (Å²) in [5.74, 6) is 0.0483. The molecule has 4 atom stereocenters. The van der Waals surface area contributed by atoms with Gasteiger partial charge in [0, 0.05) is 32.7 Å². The van der Waals surface area contributed by atoms with Gasteiger partial charge in [0.15, 0.2) is 0 Å². The van der Waals surface area contributed by atoms with Crippen molar-refractivity contribution >= 4 is 23.6 Å². The van der Waals surface area contributed by atoms with E-state index < -0.39 is 5.41 Å². The fraction of sp³-hybridized carbons (Fsp3) is 0.421. The number of imide groups is 1. The van der Waals surface area contributed by atoms with Crippen LogP contribution in [0.15, 0.2) is 84.9 Å². The molecule has 1 heterocycles. The zero-order chi connectivity index (χ0) is 33.1. The van der Waals surface area contributed by atoms with Crippen LogP contribution in [-0.4, -0.2) is 77.6 Å². The smallest absolute Gasteiger partial charge is 0.261 e. The van der Waals surface area contributed by atoms with Crippen molar-refractivity contribution in [1.82, 2.24) is 14.7 Å². The molecule has 1 aliphatic heterocycles. The van der Waals surface area contributed by atoms with Crippen molar-refractivity contribution in [2.45, 2.75) is 51.4 Å². The molecule has 0 aromatic heterocycles. The number of nitrogens with two attached hydrogens (primary N) is 1. The number of nitrogens with zero attached hydrogens (tertiary/aromatic N) is 3. The molecule has 0 unspecified atom stereocenters. The van der Waals surface area contributed by atoms with Crippen molar-refractivity contribution in [2.24, 2.45) is 17.6 Å². The first-order valence-electron chi connectivity index (χ1n) is 16.6. The predicted octanol–water partition coefficient (Wildman–Crippen LogP) is 4.88. The number of carbonyl (C=O) groups excluding carboxylic acids is 4. The van der Waals surface area contributed by atoms with Crippen LogP contribution < -0.4 is 5.73 Å². The van der Waals surface area contributed by atoms with Crippen molar-refractivity contribution in [1.29, 1.82) is 0 Å². The zero-order valence-corrected chi connectivity index (χ0v) is 27.4. The van der Waals surface area contributed by atoms with Crippen molar-refractivity contribution in [2.75, 3.05) is 39.3 Å². The average molecular weight is 623 g/mol. The maximum atomic E-state index is 13.4. The van der Waals surface area contributed by atoms with Crippen LogP contribution in [0.1, 0.15) is 72.4 Å². The van der Waals surface area contributed by atoms with E-state index in [4.69, 9.17) is 5.73 Å². The van der Waals surface area contributed by atoms with E-state index in [2.05, 4.69) is 12.1 Å².